The van der Waals surface area contributed by atoms with E-state index in [1.54, 1.807) is 36.6 Å². The Kier molecular flexibility index (Phi) is 6.85. The van der Waals surface area contributed by atoms with Gasteiger partial charge < -0.3 is 10.4 Å². The van der Waals surface area contributed by atoms with Gasteiger partial charge in [-0.3, -0.25) is 4.79 Å². The maximum Gasteiger partial charge on any atom is 0.248 e. The van der Waals surface area contributed by atoms with Crippen LogP contribution in [0.2, 0.25) is 0 Å². The largest absolute Gasteiger partial charge is 0.389 e. The van der Waals surface area contributed by atoms with Gasteiger partial charge in [-0.25, -0.2) is 9.37 Å². The van der Waals surface area contributed by atoms with Crippen molar-refractivity contribution in [1.29, 1.82) is 0 Å². The molecule has 4 rings (SSSR count). The number of carbonyl (C=O) groups excluding carboxylic acids is 1. The first-order chi connectivity index (χ1) is 15.0. The maximum atomic E-state index is 14.5. The molecule has 4 nitrogen and oxygen atoms in total. The molecule has 1 heterocycles. The van der Waals surface area contributed by atoms with Crippen molar-refractivity contribution in [3.63, 3.8) is 0 Å². The average molecular weight is 455 g/mol. The summed E-state index contributed by atoms with van der Waals surface area (Å²) in [5.41, 5.74) is 2.64. The first-order valence-corrected chi connectivity index (χ1v) is 11.7. The third-order valence-electron chi connectivity index (χ3n) is 5.10. The zero-order valence-electron chi connectivity index (χ0n) is 17.0. The van der Waals surface area contributed by atoms with Crippen LogP contribution in [0.4, 0.5) is 4.39 Å². The molecule has 2 aromatic rings. The Morgan fingerprint density at radius 2 is 2.13 bits per heavy atom. The van der Waals surface area contributed by atoms with Crippen LogP contribution in [0.15, 0.2) is 77.4 Å². The number of benzene rings is 1. The second-order valence-electron chi connectivity index (χ2n) is 7.34. The minimum atomic E-state index is -1.21. The van der Waals surface area contributed by atoms with Gasteiger partial charge in [-0.1, -0.05) is 42.5 Å². The van der Waals surface area contributed by atoms with E-state index in [0.717, 1.165) is 32.3 Å². The summed E-state index contributed by atoms with van der Waals surface area (Å²) in [6, 6.07) is 8.02. The quantitative estimate of drug-likeness (QED) is 0.676. The number of aliphatic hydroxyl groups excluding tert-OH is 1. The molecule has 0 spiro atoms. The first-order valence-electron chi connectivity index (χ1n) is 10.0. The predicted octanol–water partition coefficient (Wildman–Crippen LogP) is 4.48. The van der Waals surface area contributed by atoms with Gasteiger partial charge in [0.15, 0.2) is 0 Å². The van der Waals surface area contributed by atoms with Crippen LogP contribution in [-0.4, -0.2) is 40.6 Å². The standard InChI is InChI=1S/C24H23FN2O2S2/c1-26-23(29)20-3-2-4-21(25)22(20)30-18-11-5-15(6-12-18)13-19-14-27-24(31-19)16-7-9-17(28)10-8-16/h2-9,11-12,14,17,21-22,28H,10,13H2,1H3,(H,26,29). The number of rotatable bonds is 6. The molecule has 0 fully saturated rings. The summed E-state index contributed by atoms with van der Waals surface area (Å²) in [5, 5.41) is 12.6. The van der Waals surface area contributed by atoms with Gasteiger partial charge in [0.1, 0.15) is 11.2 Å². The maximum absolute atomic E-state index is 14.5. The molecule has 0 saturated carbocycles. The number of allylic oxidation sites excluding steroid dienone is 5. The van der Waals surface area contributed by atoms with Crippen LogP contribution >= 0.6 is 23.1 Å². The van der Waals surface area contributed by atoms with Crippen molar-refractivity contribution in [3.8, 4) is 0 Å². The Bertz CT molecular complexity index is 1070. The molecule has 0 bridgehead atoms. The zero-order chi connectivity index (χ0) is 21.8. The van der Waals surface area contributed by atoms with Crippen molar-refractivity contribution in [2.75, 3.05) is 7.05 Å². The van der Waals surface area contributed by atoms with Gasteiger partial charge in [-0.2, -0.15) is 0 Å². The van der Waals surface area contributed by atoms with Crippen LogP contribution in [0.25, 0.3) is 5.57 Å². The van der Waals surface area contributed by atoms with Gasteiger partial charge in [0.05, 0.1) is 11.4 Å². The summed E-state index contributed by atoms with van der Waals surface area (Å²) in [7, 11) is 1.56. The Morgan fingerprint density at radius 3 is 2.84 bits per heavy atom. The monoisotopic (exact) mass is 454 g/mol. The normalized spacial score (nSPS) is 22.7. The highest BCUT2D eigenvalue weighted by atomic mass is 32.2. The molecule has 2 aliphatic rings. The van der Waals surface area contributed by atoms with Gasteiger partial charge in [0.25, 0.3) is 0 Å². The fourth-order valence-corrected chi connectivity index (χ4v) is 5.52. The zero-order valence-corrected chi connectivity index (χ0v) is 18.6. The lowest BCUT2D eigenvalue weighted by molar-refractivity contribution is -0.117. The Morgan fingerprint density at radius 1 is 1.32 bits per heavy atom. The number of hydrogen-bond acceptors (Lipinski definition) is 5. The number of thioether (sulfide) groups is 1. The highest BCUT2D eigenvalue weighted by Gasteiger charge is 2.30. The van der Waals surface area contributed by atoms with Crippen molar-refractivity contribution in [3.05, 3.63) is 87.9 Å². The number of carbonyl (C=O) groups is 1. The topological polar surface area (TPSA) is 62.2 Å². The Balaban J connectivity index is 1.41. The average Bonchev–Trinajstić information content (AvgIpc) is 3.25. The number of aliphatic hydroxyl groups is 1. The third kappa shape index (κ3) is 5.23. The van der Waals surface area contributed by atoms with Crippen LogP contribution in [0.3, 0.4) is 0 Å². The van der Waals surface area contributed by atoms with Crippen LogP contribution < -0.4 is 5.32 Å². The highest BCUT2D eigenvalue weighted by molar-refractivity contribution is 8.00. The minimum Gasteiger partial charge on any atom is -0.389 e. The number of alkyl halides is 1. The van der Waals surface area contributed by atoms with Crippen molar-refractivity contribution in [2.24, 2.45) is 0 Å². The van der Waals surface area contributed by atoms with E-state index in [0.29, 0.717) is 12.0 Å². The molecular formula is C24H23FN2O2S2. The van der Waals surface area contributed by atoms with Crippen LogP contribution in [0, 0.1) is 0 Å². The molecule has 1 amide bonds. The van der Waals surface area contributed by atoms with E-state index in [1.165, 1.54) is 17.8 Å². The van der Waals surface area contributed by atoms with Crippen LogP contribution in [0.1, 0.15) is 21.9 Å². The lowest BCUT2D eigenvalue weighted by Crippen LogP contribution is -2.32. The van der Waals surface area contributed by atoms with Gasteiger partial charge in [-0.05, 0) is 30.2 Å². The molecule has 2 N–H and O–H groups in total. The van der Waals surface area contributed by atoms with Gasteiger partial charge >= 0.3 is 0 Å². The van der Waals surface area contributed by atoms with E-state index < -0.39 is 17.5 Å². The number of likely N-dealkylation sites (N-methyl/N-ethyl adjacent to an activating group) is 1. The van der Waals surface area contributed by atoms with Crippen LogP contribution in [0.5, 0.6) is 0 Å². The van der Waals surface area contributed by atoms with Crippen molar-refractivity contribution in [1.82, 2.24) is 10.3 Å². The molecule has 1 aromatic heterocycles. The van der Waals surface area contributed by atoms with E-state index in [9.17, 15) is 14.3 Å². The third-order valence-corrected chi connectivity index (χ3v) is 7.46. The number of amides is 1. The summed E-state index contributed by atoms with van der Waals surface area (Å²) in [5.74, 6) is -0.250. The van der Waals surface area contributed by atoms with Crippen LogP contribution in [-0.2, 0) is 11.2 Å². The van der Waals surface area contributed by atoms with Gasteiger partial charge in [0.2, 0.25) is 5.91 Å². The molecule has 31 heavy (non-hydrogen) atoms. The summed E-state index contributed by atoms with van der Waals surface area (Å²) in [6.07, 6.45) is 12.2. The molecule has 2 aliphatic carbocycles. The molecule has 7 heteroatoms. The molecule has 3 unspecified atom stereocenters. The second kappa shape index (κ2) is 9.77. The molecule has 1 aromatic carbocycles. The van der Waals surface area contributed by atoms with Gasteiger partial charge in [0, 0.05) is 40.6 Å². The summed E-state index contributed by atoms with van der Waals surface area (Å²) in [6.45, 7) is 0. The number of hydrogen-bond donors (Lipinski definition) is 2. The highest BCUT2D eigenvalue weighted by Crippen LogP contribution is 2.35. The number of nitrogens with zero attached hydrogens (tertiary/aromatic N) is 1. The first kappa shape index (κ1) is 21.7. The van der Waals surface area contributed by atoms with Crippen molar-refractivity contribution in [2.45, 2.75) is 35.3 Å². The number of aromatic nitrogens is 1. The fraction of sp³-hybridized carbons (Fsp3) is 0.250. The van der Waals surface area contributed by atoms with Crippen molar-refractivity contribution >= 4 is 34.6 Å². The molecule has 3 atom stereocenters. The number of nitrogens with one attached hydrogen (secondary N) is 1. The smallest absolute Gasteiger partial charge is 0.248 e. The lowest BCUT2D eigenvalue weighted by atomic mass is 10.0. The summed E-state index contributed by atoms with van der Waals surface area (Å²) < 4.78 is 14.5. The molecule has 0 saturated heterocycles. The Hall–Kier alpha value is -2.48. The predicted molar refractivity (Wildman–Crippen MR) is 125 cm³/mol. The van der Waals surface area contributed by atoms with E-state index in [1.807, 2.05) is 42.6 Å². The SMILES string of the molecule is CNC(=O)C1=CC=CC(F)C1Sc1ccc(Cc2cnc(C3=CCC(O)C=C3)s2)cc1. The van der Waals surface area contributed by atoms with E-state index in [4.69, 9.17) is 0 Å². The van der Waals surface area contributed by atoms with E-state index in [2.05, 4.69) is 10.3 Å². The number of thiazole rings is 1. The molecule has 0 radical (unpaired) electrons. The van der Waals surface area contributed by atoms with E-state index >= 15 is 0 Å². The summed E-state index contributed by atoms with van der Waals surface area (Å²) >= 11 is 3.01. The molecule has 0 aliphatic heterocycles. The van der Waals surface area contributed by atoms with Crippen molar-refractivity contribution < 1.29 is 14.3 Å². The summed E-state index contributed by atoms with van der Waals surface area (Å²) in [4.78, 5) is 18.7. The lowest BCUT2D eigenvalue weighted by Gasteiger charge is -2.23. The molecular weight excluding hydrogens is 431 g/mol. The second-order valence-corrected chi connectivity index (χ2v) is 9.67. The molecule has 160 valence electrons. The Labute approximate surface area is 189 Å². The van der Waals surface area contributed by atoms with E-state index in [-0.39, 0.29) is 5.91 Å². The number of halogens is 1. The fourth-order valence-electron chi connectivity index (χ4n) is 3.43. The minimum absolute atomic E-state index is 0.250. The van der Waals surface area contributed by atoms with Gasteiger partial charge in [-0.15, -0.1) is 23.1 Å².